The molecule has 1 aliphatic heterocycles. The highest BCUT2D eigenvalue weighted by molar-refractivity contribution is 7.13. The van der Waals surface area contributed by atoms with Gasteiger partial charge in [0.15, 0.2) is 5.13 Å². The Balaban J connectivity index is 1.47. The first-order chi connectivity index (χ1) is 12.0. The van der Waals surface area contributed by atoms with Gasteiger partial charge in [-0.05, 0) is 33.1 Å². The number of hydrogen-bond acceptors (Lipinski definition) is 6. The number of aromatic nitrogens is 3. The summed E-state index contributed by atoms with van der Waals surface area (Å²) in [4.78, 5) is 37.7. The number of carbonyl (C=O) groups excluding carboxylic acids is 1. The van der Waals surface area contributed by atoms with Crippen molar-refractivity contribution in [3.8, 4) is 0 Å². The van der Waals surface area contributed by atoms with E-state index in [1.165, 1.54) is 0 Å². The highest BCUT2D eigenvalue weighted by atomic mass is 32.1. The number of H-pyrrole nitrogens is 1. The Morgan fingerprint density at radius 2 is 2.16 bits per heavy atom. The number of nitrogens with one attached hydrogen (secondary N) is 2. The molecule has 0 aromatic carbocycles. The minimum Gasteiger partial charge on any atom is -0.353 e. The van der Waals surface area contributed by atoms with E-state index in [2.05, 4.69) is 25.2 Å². The Labute approximate surface area is 150 Å². The van der Waals surface area contributed by atoms with Gasteiger partial charge in [0.05, 0.1) is 0 Å². The van der Waals surface area contributed by atoms with Gasteiger partial charge in [-0.15, -0.1) is 11.3 Å². The second-order valence-corrected chi connectivity index (χ2v) is 7.23. The minimum atomic E-state index is -0.144. The van der Waals surface area contributed by atoms with Crippen LogP contribution in [0, 0.1) is 13.8 Å². The lowest BCUT2D eigenvalue weighted by Gasteiger charge is -2.32. The van der Waals surface area contributed by atoms with Crippen LogP contribution in [0.4, 0.5) is 5.13 Å². The molecule has 0 spiro atoms. The van der Waals surface area contributed by atoms with Gasteiger partial charge in [-0.25, -0.2) is 9.97 Å². The van der Waals surface area contributed by atoms with Gasteiger partial charge in [-0.1, -0.05) is 0 Å². The lowest BCUT2D eigenvalue weighted by molar-refractivity contribution is -0.121. The van der Waals surface area contributed by atoms with Crippen molar-refractivity contribution in [1.82, 2.24) is 20.3 Å². The predicted octanol–water partition coefficient (Wildman–Crippen LogP) is 1.56. The molecular formula is C17H23N5O2S. The second kappa shape index (κ2) is 7.77. The van der Waals surface area contributed by atoms with E-state index in [1.807, 2.05) is 18.5 Å². The van der Waals surface area contributed by atoms with Crippen molar-refractivity contribution in [2.45, 2.75) is 45.6 Å². The molecule has 2 aromatic rings. The Hall–Kier alpha value is -2.22. The van der Waals surface area contributed by atoms with Gasteiger partial charge >= 0.3 is 0 Å². The van der Waals surface area contributed by atoms with Crippen molar-refractivity contribution < 1.29 is 4.79 Å². The van der Waals surface area contributed by atoms with E-state index in [0.29, 0.717) is 29.9 Å². The third-order valence-electron chi connectivity index (χ3n) is 4.49. The SMILES string of the molecule is Cc1nc(C)c(CCC(=O)NC2CCN(c3nccs3)CC2)c(=O)[nH]1. The zero-order chi connectivity index (χ0) is 17.8. The zero-order valence-corrected chi connectivity index (χ0v) is 15.4. The zero-order valence-electron chi connectivity index (χ0n) is 14.5. The molecule has 134 valence electrons. The van der Waals surface area contributed by atoms with Crippen molar-refractivity contribution in [3.63, 3.8) is 0 Å². The Morgan fingerprint density at radius 1 is 1.40 bits per heavy atom. The van der Waals surface area contributed by atoms with Crippen LogP contribution in [0.5, 0.6) is 0 Å². The summed E-state index contributed by atoms with van der Waals surface area (Å²) < 4.78 is 0. The lowest BCUT2D eigenvalue weighted by atomic mass is 10.0. The summed E-state index contributed by atoms with van der Waals surface area (Å²) in [6.07, 6.45) is 4.37. The van der Waals surface area contributed by atoms with Crippen LogP contribution in [0.2, 0.25) is 0 Å². The fourth-order valence-electron chi connectivity index (χ4n) is 3.17. The van der Waals surface area contributed by atoms with Crippen molar-refractivity contribution >= 4 is 22.4 Å². The van der Waals surface area contributed by atoms with Crippen LogP contribution >= 0.6 is 11.3 Å². The van der Waals surface area contributed by atoms with Crippen LogP contribution in [-0.2, 0) is 11.2 Å². The highest BCUT2D eigenvalue weighted by Gasteiger charge is 2.22. The summed E-state index contributed by atoms with van der Waals surface area (Å²) in [5.74, 6) is 0.592. The summed E-state index contributed by atoms with van der Waals surface area (Å²) in [5, 5.41) is 6.12. The van der Waals surface area contributed by atoms with E-state index in [-0.39, 0.29) is 17.5 Å². The highest BCUT2D eigenvalue weighted by Crippen LogP contribution is 2.22. The Kier molecular flexibility index (Phi) is 5.47. The van der Waals surface area contributed by atoms with Gasteiger partial charge < -0.3 is 15.2 Å². The third kappa shape index (κ3) is 4.45. The normalized spacial score (nSPS) is 15.4. The molecule has 25 heavy (non-hydrogen) atoms. The molecule has 2 aromatic heterocycles. The van der Waals surface area contributed by atoms with Crippen LogP contribution in [0.3, 0.4) is 0 Å². The van der Waals surface area contributed by atoms with Crippen LogP contribution in [-0.4, -0.2) is 40.0 Å². The molecule has 7 nitrogen and oxygen atoms in total. The van der Waals surface area contributed by atoms with Crippen LogP contribution in [0.25, 0.3) is 0 Å². The average Bonchev–Trinajstić information content (AvgIpc) is 3.09. The molecule has 1 aliphatic rings. The summed E-state index contributed by atoms with van der Waals surface area (Å²) >= 11 is 1.64. The largest absolute Gasteiger partial charge is 0.353 e. The molecular weight excluding hydrogens is 338 g/mol. The number of aryl methyl sites for hydroxylation is 2. The monoisotopic (exact) mass is 361 g/mol. The summed E-state index contributed by atoms with van der Waals surface area (Å²) in [6.45, 7) is 5.37. The molecule has 2 N–H and O–H groups in total. The Morgan fingerprint density at radius 3 is 2.80 bits per heavy atom. The minimum absolute atomic E-state index is 0.00734. The van der Waals surface area contributed by atoms with E-state index in [4.69, 9.17) is 0 Å². The van der Waals surface area contributed by atoms with Crippen LogP contribution in [0.15, 0.2) is 16.4 Å². The number of anilines is 1. The molecule has 0 aliphatic carbocycles. The van der Waals surface area contributed by atoms with Gasteiger partial charge in [-0.3, -0.25) is 9.59 Å². The quantitative estimate of drug-likeness (QED) is 0.843. The van der Waals surface area contributed by atoms with E-state index < -0.39 is 0 Å². The maximum atomic E-state index is 12.2. The molecule has 8 heteroatoms. The van der Waals surface area contributed by atoms with Gasteiger partial charge in [0.2, 0.25) is 5.91 Å². The van der Waals surface area contributed by atoms with E-state index in [9.17, 15) is 9.59 Å². The molecule has 0 atom stereocenters. The third-order valence-corrected chi connectivity index (χ3v) is 5.32. The standard InChI is InChI=1S/C17H23N5O2S/c1-11-14(16(24)20-12(2)19-11)3-4-15(23)21-13-5-8-22(9-6-13)17-18-7-10-25-17/h7,10,13H,3-6,8-9H2,1-2H3,(H,21,23)(H,19,20,24). The fourth-order valence-corrected chi connectivity index (χ4v) is 3.87. The fraction of sp³-hybridized carbons (Fsp3) is 0.529. The number of aromatic amines is 1. The molecule has 3 heterocycles. The number of rotatable bonds is 5. The average molecular weight is 361 g/mol. The smallest absolute Gasteiger partial charge is 0.254 e. The lowest BCUT2D eigenvalue weighted by Crippen LogP contribution is -2.44. The summed E-state index contributed by atoms with van der Waals surface area (Å²) in [7, 11) is 0. The van der Waals surface area contributed by atoms with Crippen LogP contribution in [0.1, 0.15) is 36.3 Å². The van der Waals surface area contributed by atoms with E-state index in [0.717, 1.165) is 31.1 Å². The molecule has 0 bridgehead atoms. The number of hydrogen-bond donors (Lipinski definition) is 2. The molecule has 1 fully saturated rings. The number of nitrogens with zero attached hydrogens (tertiary/aromatic N) is 3. The number of carbonyl (C=O) groups is 1. The first-order valence-corrected chi connectivity index (χ1v) is 9.41. The van der Waals surface area contributed by atoms with Crippen molar-refractivity contribution in [3.05, 3.63) is 39.0 Å². The Bertz CT molecular complexity index is 779. The van der Waals surface area contributed by atoms with Crippen molar-refractivity contribution in [1.29, 1.82) is 0 Å². The first kappa shape index (κ1) is 17.6. The van der Waals surface area contributed by atoms with E-state index >= 15 is 0 Å². The van der Waals surface area contributed by atoms with Gasteiger partial charge in [0.1, 0.15) is 5.82 Å². The van der Waals surface area contributed by atoms with Crippen molar-refractivity contribution in [2.75, 3.05) is 18.0 Å². The number of amides is 1. The van der Waals surface area contributed by atoms with Crippen LogP contribution < -0.4 is 15.8 Å². The molecule has 0 radical (unpaired) electrons. The molecule has 1 saturated heterocycles. The maximum Gasteiger partial charge on any atom is 0.254 e. The molecule has 0 saturated carbocycles. The van der Waals surface area contributed by atoms with Gasteiger partial charge in [0, 0.05) is 48.4 Å². The topological polar surface area (TPSA) is 91.0 Å². The summed E-state index contributed by atoms with van der Waals surface area (Å²) in [5.41, 5.74) is 1.15. The van der Waals surface area contributed by atoms with E-state index in [1.54, 1.807) is 18.3 Å². The number of thiazole rings is 1. The summed E-state index contributed by atoms with van der Waals surface area (Å²) in [6, 6.07) is 0.194. The second-order valence-electron chi connectivity index (χ2n) is 6.36. The molecule has 1 amide bonds. The molecule has 3 rings (SSSR count). The predicted molar refractivity (Wildman–Crippen MR) is 98.1 cm³/mol. The first-order valence-electron chi connectivity index (χ1n) is 8.53. The number of piperidine rings is 1. The van der Waals surface area contributed by atoms with Gasteiger partial charge in [-0.2, -0.15) is 0 Å². The molecule has 0 unspecified atom stereocenters. The maximum absolute atomic E-state index is 12.2. The van der Waals surface area contributed by atoms with Crippen molar-refractivity contribution in [2.24, 2.45) is 0 Å². The van der Waals surface area contributed by atoms with Gasteiger partial charge in [0.25, 0.3) is 5.56 Å².